The number of ether oxygens (including phenoxy) is 2. The second kappa shape index (κ2) is 9.56. The van der Waals surface area contributed by atoms with Gasteiger partial charge in [-0.05, 0) is 51.0 Å². The average molecular weight is 433 g/mol. The van der Waals surface area contributed by atoms with Crippen LogP contribution in [0.15, 0.2) is 24.3 Å². The number of halogens is 1. The molecule has 162 valence electrons. The molecule has 0 saturated heterocycles. The van der Waals surface area contributed by atoms with Gasteiger partial charge in [-0.3, -0.25) is 4.79 Å². The highest BCUT2D eigenvalue weighted by Crippen LogP contribution is 2.31. The van der Waals surface area contributed by atoms with Crippen LogP contribution in [0.25, 0.3) is 5.69 Å². The van der Waals surface area contributed by atoms with Crippen molar-refractivity contribution in [1.29, 1.82) is 0 Å². The SMILES string of the molecule is COc1ccc(Cl)cc1-n1c(C)cc(C(=O)OCC(=O)N(C)C2CCCCC2)c1C. The molecule has 1 aromatic heterocycles. The molecule has 6 nitrogen and oxygen atoms in total. The van der Waals surface area contributed by atoms with Gasteiger partial charge in [-0.1, -0.05) is 30.9 Å². The van der Waals surface area contributed by atoms with Gasteiger partial charge in [0, 0.05) is 29.5 Å². The number of benzene rings is 1. The summed E-state index contributed by atoms with van der Waals surface area (Å²) in [6.45, 7) is 3.47. The summed E-state index contributed by atoms with van der Waals surface area (Å²) in [4.78, 5) is 26.9. The van der Waals surface area contributed by atoms with Crippen molar-refractivity contribution in [2.24, 2.45) is 0 Å². The van der Waals surface area contributed by atoms with Crippen LogP contribution in [0.4, 0.5) is 0 Å². The standard InChI is InChI=1S/C23H29ClN2O4/c1-15-12-19(16(2)26(15)20-13-17(24)10-11-21(20)29-4)23(28)30-14-22(27)25(3)18-8-6-5-7-9-18/h10-13,18H,5-9,14H2,1-4H3. The Hall–Kier alpha value is -2.47. The number of carbonyl (C=O) groups is 2. The lowest BCUT2D eigenvalue weighted by Crippen LogP contribution is -2.40. The van der Waals surface area contributed by atoms with Crippen LogP contribution in [0.3, 0.4) is 0 Å². The molecule has 2 aromatic rings. The summed E-state index contributed by atoms with van der Waals surface area (Å²) in [6.07, 6.45) is 5.53. The monoisotopic (exact) mass is 432 g/mol. The molecule has 1 amide bonds. The van der Waals surface area contributed by atoms with E-state index in [4.69, 9.17) is 21.1 Å². The van der Waals surface area contributed by atoms with Crippen LogP contribution in [0.2, 0.25) is 5.02 Å². The van der Waals surface area contributed by atoms with Crippen molar-refractivity contribution in [3.63, 3.8) is 0 Å². The van der Waals surface area contributed by atoms with Gasteiger partial charge < -0.3 is 18.9 Å². The minimum Gasteiger partial charge on any atom is -0.495 e. The van der Waals surface area contributed by atoms with Crippen LogP contribution in [0.5, 0.6) is 5.75 Å². The van der Waals surface area contributed by atoms with Gasteiger partial charge in [0.25, 0.3) is 5.91 Å². The van der Waals surface area contributed by atoms with Gasteiger partial charge in [-0.2, -0.15) is 0 Å². The number of hydrogen-bond donors (Lipinski definition) is 0. The van der Waals surface area contributed by atoms with Gasteiger partial charge in [0.15, 0.2) is 6.61 Å². The van der Waals surface area contributed by atoms with E-state index in [1.165, 1.54) is 6.42 Å². The fourth-order valence-corrected chi connectivity index (χ4v) is 4.32. The van der Waals surface area contributed by atoms with Crippen LogP contribution in [-0.4, -0.2) is 48.1 Å². The first-order chi connectivity index (χ1) is 14.3. The average Bonchev–Trinajstić information content (AvgIpc) is 3.05. The smallest absolute Gasteiger partial charge is 0.340 e. The Labute approximate surface area is 182 Å². The second-order valence-corrected chi connectivity index (χ2v) is 8.25. The molecular weight excluding hydrogens is 404 g/mol. The van der Waals surface area contributed by atoms with Gasteiger partial charge in [-0.15, -0.1) is 0 Å². The topological polar surface area (TPSA) is 60.8 Å². The lowest BCUT2D eigenvalue weighted by Gasteiger charge is -2.31. The van der Waals surface area contributed by atoms with Crippen LogP contribution in [-0.2, 0) is 9.53 Å². The molecule has 1 aromatic carbocycles. The fraction of sp³-hybridized carbons (Fsp3) is 0.478. The zero-order chi connectivity index (χ0) is 21.8. The maximum atomic E-state index is 12.7. The molecule has 1 heterocycles. The maximum absolute atomic E-state index is 12.7. The van der Waals surface area contributed by atoms with Gasteiger partial charge in [0.1, 0.15) is 5.75 Å². The number of likely N-dealkylation sites (N-methyl/N-ethyl adjacent to an activating group) is 1. The molecular formula is C23H29ClN2O4. The molecule has 1 saturated carbocycles. The molecule has 0 unspecified atom stereocenters. The van der Waals surface area contributed by atoms with Crippen molar-refractivity contribution in [3.8, 4) is 11.4 Å². The molecule has 0 aliphatic heterocycles. The molecule has 1 aliphatic rings. The normalized spacial score (nSPS) is 14.4. The van der Waals surface area contributed by atoms with Gasteiger partial charge in [-0.25, -0.2) is 4.79 Å². The van der Waals surface area contributed by atoms with Crippen LogP contribution < -0.4 is 4.74 Å². The summed E-state index contributed by atoms with van der Waals surface area (Å²) >= 11 is 6.17. The minimum atomic E-state index is -0.513. The summed E-state index contributed by atoms with van der Waals surface area (Å²) < 4.78 is 12.7. The predicted molar refractivity (Wildman–Crippen MR) is 117 cm³/mol. The number of nitrogens with zero attached hydrogens (tertiary/aromatic N) is 2. The van der Waals surface area contributed by atoms with Crippen LogP contribution in [0.1, 0.15) is 53.8 Å². The van der Waals surface area contributed by atoms with Crippen molar-refractivity contribution in [2.75, 3.05) is 20.8 Å². The van der Waals surface area contributed by atoms with E-state index in [1.54, 1.807) is 43.3 Å². The van der Waals surface area contributed by atoms with E-state index < -0.39 is 5.97 Å². The van der Waals surface area contributed by atoms with Crippen molar-refractivity contribution in [2.45, 2.75) is 52.0 Å². The molecule has 7 heteroatoms. The Morgan fingerprint density at radius 1 is 1.17 bits per heavy atom. The Balaban J connectivity index is 1.74. The lowest BCUT2D eigenvalue weighted by molar-refractivity contribution is -0.135. The Kier molecular flexibility index (Phi) is 7.08. The van der Waals surface area contributed by atoms with E-state index >= 15 is 0 Å². The van der Waals surface area contributed by atoms with E-state index in [-0.39, 0.29) is 18.6 Å². The highest BCUT2D eigenvalue weighted by Gasteiger charge is 2.24. The summed E-state index contributed by atoms with van der Waals surface area (Å²) in [6, 6.07) is 7.33. The zero-order valence-electron chi connectivity index (χ0n) is 18.0. The third-order valence-electron chi connectivity index (χ3n) is 5.88. The van der Waals surface area contributed by atoms with E-state index in [0.717, 1.165) is 37.1 Å². The van der Waals surface area contributed by atoms with E-state index in [2.05, 4.69) is 0 Å². The number of hydrogen-bond acceptors (Lipinski definition) is 4. The summed E-state index contributed by atoms with van der Waals surface area (Å²) in [5.41, 5.74) is 2.70. The second-order valence-electron chi connectivity index (χ2n) is 7.81. The number of carbonyl (C=O) groups excluding carboxylic acids is 2. The minimum absolute atomic E-state index is 0.166. The predicted octanol–water partition coefficient (Wildman–Crippen LogP) is 4.70. The zero-order valence-corrected chi connectivity index (χ0v) is 18.8. The first kappa shape index (κ1) is 22.2. The number of rotatable bonds is 6. The molecule has 3 rings (SSSR count). The summed E-state index contributed by atoms with van der Waals surface area (Å²) in [5, 5.41) is 0.568. The highest BCUT2D eigenvalue weighted by molar-refractivity contribution is 6.30. The van der Waals surface area contributed by atoms with Gasteiger partial charge >= 0.3 is 5.97 Å². The summed E-state index contributed by atoms with van der Waals surface area (Å²) in [5.74, 6) is -0.0355. The quantitative estimate of drug-likeness (QED) is 0.620. The molecule has 1 fully saturated rings. The van der Waals surface area contributed by atoms with E-state index in [9.17, 15) is 9.59 Å². The van der Waals surface area contributed by atoms with Crippen LogP contribution >= 0.6 is 11.6 Å². The van der Waals surface area contributed by atoms with Crippen LogP contribution in [0, 0.1) is 13.8 Å². The molecule has 0 spiro atoms. The van der Waals surface area contributed by atoms with Gasteiger partial charge in [0.2, 0.25) is 0 Å². The largest absolute Gasteiger partial charge is 0.495 e. The first-order valence-electron chi connectivity index (χ1n) is 10.3. The Bertz CT molecular complexity index is 932. The third-order valence-corrected chi connectivity index (χ3v) is 6.11. The molecule has 0 N–H and O–H groups in total. The molecule has 0 bridgehead atoms. The number of aromatic nitrogens is 1. The molecule has 0 radical (unpaired) electrons. The number of esters is 1. The molecule has 30 heavy (non-hydrogen) atoms. The fourth-order valence-electron chi connectivity index (χ4n) is 4.16. The molecule has 0 atom stereocenters. The third kappa shape index (κ3) is 4.64. The van der Waals surface area contributed by atoms with Crippen molar-refractivity contribution in [1.82, 2.24) is 9.47 Å². The maximum Gasteiger partial charge on any atom is 0.340 e. The van der Waals surface area contributed by atoms with Gasteiger partial charge in [0.05, 0.1) is 18.4 Å². The number of amides is 1. The van der Waals surface area contributed by atoms with Crippen molar-refractivity contribution < 1.29 is 19.1 Å². The number of methoxy groups -OCH3 is 1. The Morgan fingerprint density at radius 2 is 1.87 bits per heavy atom. The lowest BCUT2D eigenvalue weighted by atomic mass is 9.94. The first-order valence-corrected chi connectivity index (χ1v) is 10.7. The van der Waals surface area contributed by atoms with Crippen molar-refractivity contribution in [3.05, 3.63) is 46.2 Å². The summed E-state index contributed by atoms with van der Waals surface area (Å²) in [7, 11) is 3.38. The van der Waals surface area contributed by atoms with E-state index in [0.29, 0.717) is 22.0 Å². The highest BCUT2D eigenvalue weighted by atomic mass is 35.5. The molecule has 1 aliphatic carbocycles. The number of aryl methyl sites for hydroxylation is 1. The van der Waals surface area contributed by atoms with Crippen molar-refractivity contribution >= 4 is 23.5 Å². The Morgan fingerprint density at radius 3 is 2.53 bits per heavy atom. The van der Waals surface area contributed by atoms with E-state index in [1.807, 2.05) is 18.4 Å².